The average molecular weight is 425 g/mol. The van der Waals surface area contributed by atoms with E-state index >= 15 is 0 Å². The molecule has 0 aromatic heterocycles. The number of aliphatic imine (C=N–C) groups is 1. The number of ether oxygens (including phenoxy) is 1. The highest BCUT2D eigenvalue weighted by molar-refractivity contribution is 14.0. The second-order valence-corrected chi connectivity index (χ2v) is 4.85. The molecule has 1 aliphatic heterocycles. The summed E-state index contributed by atoms with van der Waals surface area (Å²) in [6, 6.07) is 3.51. The lowest BCUT2D eigenvalue weighted by Crippen LogP contribution is -2.39. The van der Waals surface area contributed by atoms with Crippen LogP contribution in [0.15, 0.2) is 23.2 Å². The summed E-state index contributed by atoms with van der Waals surface area (Å²) in [6.07, 6.45) is 2.38. The lowest BCUT2D eigenvalue weighted by molar-refractivity contribution is 0.324. The second-order valence-electron chi connectivity index (χ2n) is 4.85. The summed E-state index contributed by atoms with van der Waals surface area (Å²) in [4.78, 5) is 6.71. The minimum atomic E-state index is -0.901. The highest BCUT2D eigenvalue weighted by Crippen LogP contribution is 2.15. The number of nitrogens with zero attached hydrogens (tertiary/aromatic N) is 2. The molecule has 0 unspecified atom stereocenters. The molecule has 2 rings (SSSR count). The molecule has 4 nitrogen and oxygen atoms in total. The van der Waals surface area contributed by atoms with Crippen molar-refractivity contribution in [3.05, 3.63) is 29.8 Å². The van der Waals surface area contributed by atoms with Crippen molar-refractivity contribution in [2.45, 2.75) is 19.8 Å². The number of nitrogens with one attached hydrogen (secondary N) is 1. The van der Waals surface area contributed by atoms with Crippen molar-refractivity contribution in [2.24, 2.45) is 4.99 Å². The molecule has 22 heavy (non-hydrogen) atoms. The number of halogens is 3. The number of rotatable bonds is 5. The zero-order valence-corrected chi connectivity index (χ0v) is 15.0. The maximum atomic E-state index is 13.0. The molecule has 0 bridgehead atoms. The van der Waals surface area contributed by atoms with E-state index in [4.69, 9.17) is 4.74 Å². The van der Waals surface area contributed by atoms with Crippen LogP contribution in [0.4, 0.5) is 8.78 Å². The van der Waals surface area contributed by atoms with E-state index in [0.29, 0.717) is 18.9 Å². The highest BCUT2D eigenvalue weighted by atomic mass is 127. The van der Waals surface area contributed by atoms with E-state index in [1.54, 1.807) is 0 Å². The van der Waals surface area contributed by atoms with Crippen LogP contribution in [-0.4, -0.2) is 43.6 Å². The number of likely N-dealkylation sites (tertiary alicyclic amines) is 1. The van der Waals surface area contributed by atoms with Gasteiger partial charge in [-0.15, -0.1) is 24.0 Å². The van der Waals surface area contributed by atoms with Crippen molar-refractivity contribution >= 4 is 29.9 Å². The van der Waals surface area contributed by atoms with Crippen LogP contribution in [0.5, 0.6) is 5.75 Å². The predicted molar refractivity (Wildman–Crippen MR) is 94.1 cm³/mol. The molecule has 124 valence electrons. The van der Waals surface area contributed by atoms with Gasteiger partial charge >= 0.3 is 0 Å². The molecule has 0 amide bonds. The second kappa shape index (κ2) is 9.81. The minimum absolute atomic E-state index is 0. The first-order chi connectivity index (χ1) is 10.2. The Bertz CT molecular complexity index is 494. The zero-order valence-electron chi connectivity index (χ0n) is 12.6. The smallest absolute Gasteiger partial charge is 0.194 e. The van der Waals surface area contributed by atoms with Crippen molar-refractivity contribution in [3.63, 3.8) is 0 Å². The maximum absolute atomic E-state index is 13.0. The number of guanidine groups is 1. The molecule has 1 aliphatic rings. The molecular formula is C15H22F2IN3O. The molecule has 1 N–H and O–H groups in total. The molecule has 0 aliphatic carbocycles. The van der Waals surface area contributed by atoms with Gasteiger partial charge in [-0.05, 0) is 31.9 Å². The van der Waals surface area contributed by atoms with Crippen LogP contribution in [0.3, 0.4) is 0 Å². The topological polar surface area (TPSA) is 36.9 Å². The summed E-state index contributed by atoms with van der Waals surface area (Å²) in [5.74, 6) is -0.565. The molecular weight excluding hydrogens is 403 g/mol. The van der Waals surface area contributed by atoms with Crippen molar-refractivity contribution in [3.8, 4) is 5.75 Å². The fourth-order valence-corrected chi connectivity index (χ4v) is 2.24. The van der Waals surface area contributed by atoms with Gasteiger partial charge in [-0.3, -0.25) is 0 Å². The Morgan fingerprint density at radius 2 is 2.00 bits per heavy atom. The first-order valence-electron chi connectivity index (χ1n) is 7.32. The van der Waals surface area contributed by atoms with Gasteiger partial charge in [0.2, 0.25) is 0 Å². The largest absolute Gasteiger partial charge is 0.492 e. The standard InChI is InChI=1S/C15H21F2N3O.HI/c1-2-18-15(20-8-3-4-9-20)19-7-10-21-12-5-6-13(16)14(17)11-12;/h5-6,11H,2-4,7-10H2,1H3,(H,18,19);1H. The summed E-state index contributed by atoms with van der Waals surface area (Å²) in [7, 11) is 0. The van der Waals surface area contributed by atoms with Gasteiger partial charge in [-0.2, -0.15) is 0 Å². The molecule has 1 heterocycles. The van der Waals surface area contributed by atoms with Gasteiger partial charge in [0.05, 0.1) is 6.54 Å². The normalized spacial score (nSPS) is 14.7. The Labute approximate surface area is 147 Å². The van der Waals surface area contributed by atoms with Gasteiger partial charge in [0.25, 0.3) is 0 Å². The molecule has 0 spiro atoms. The predicted octanol–water partition coefficient (Wildman–Crippen LogP) is 3.02. The first-order valence-corrected chi connectivity index (χ1v) is 7.32. The molecule has 7 heteroatoms. The van der Waals surface area contributed by atoms with E-state index in [9.17, 15) is 8.78 Å². The fourth-order valence-electron chi connectivity index (χ4n) is 2.24. The van der Waals surface area contributed by atoms with E-state index < -0.39 is 11.6 Å². The van der Waals surface area contributed by atoms with E-state index in [1.807, 2.05) is 6.92 Å². The third-order valence-corrected chi connectivity index (χ3v) is 3.25. The van der Waals surface area contributed by atoms with Crippen molar-refractivity contribution in [1.29, 1.82) is 0 Å². The molecule has 1 aromatic rings. The summed E-state index contributed by atoms with van der Waals surface area (Å²) >= 11 is 0. The first kappa shape index (κ1) is 18.9. The molecule has 1 fully saturated rings. The summed E-state index contributed by atoms with van der Waals surface area (Å²) < 4.78 is 31.2. The minimum Gasteiger partial charge on any atom is -0.492 e. The Hall–Kier alpha value is -1.12. The number of benzene rings is 1. The average Bonchev–Trinajstić information content (AvgIpc) is 3.00. The lowest BCUT2D eigenvalue weighted by Gasteiger charge is -2.20. The lowest BCUT2D eigenvalue weighted by atomic mass is 10.3. The SMILES string of the molecule is CCNC(=NCCOc1ccc(F)c(F)c1)N1CCCC1.I. The molecule has 0 atom stereocenters. The Kier molecular flexibility index (Phi) is 8.44. The van der Waals surface area contributed by atoms with Crippen LogP contribution < -0.4 is 10.1 Å². The fraction of sp³-hybridized carbons (Fsp3) is 0.533. The maximum Gasteiger partial charge on any atom is 0.194 e. The van der Waals surface area contributed by atoms with Crippen molar-refractivity contribution < 1.29 is 13.5 Å². The monoisotopic (exact) mass is 425 g/mol. The summed E-state index contributed by atoms with van der Waals surface area (Å²) in [6.45, 7) is 5.69. The molecule has 1 aromatic carbocycles. The summed E-state index contributed by atoms with van der Waals surface area (Å²) in [5.41, 5.74) is 0. The van der Waals surface area contributed by atoms with Crippen molar-refractivity contribution in [1.82, 2.24) is 10.2 Å². The zero-order chi connectivity index (χ0) is 15.1. The van der Waals surface area contributed by atoms with Gasteiger partial charge in [-0.1, -0.05) is 0 Å². The van der Waals surface area contributed by atoms with Crippen LogP contribution in [0.25, 0.3) is 0 Å². The van der Waals surface area contributed by atoms with Gasteiger partial charge in [0.15, 0.2) is 17.6 Å². The van der Waals surface area contributed by atoms with Crippen LogP contribution in [0.2, 0.25) is 0 Å². The van der Waals surface area contributed by atoms with E-state index in [1.165, 1.54) is 18.9 Å². The number of hydrogen-bond donors (Lipinski definition) is 1. The highest BCUT2D eigenvalue weighted by Gasteiger charge is 2.15. The molecule has 1 saturated heterocycles. The van der Waals surface area contributed by atoms with E-state index in [0.717, 1.165) is 37.7 Å². The Morgan fingerprint density at radius 3 is 2.64 bits per heavy atom. The molecule has 0 radical (unpaired) electrons. The molecule has 0 saturated carbocycles. The third kappa shape index (κ3) is 5.58. The van der Waals surface area contributed by atoms with Crippen molar-refractivity contribution in [2.75, 3.05) is 32.8 Å². The Morgan fingerprint density at radius 1 is 1.27 bits per heavy atom. The third-order valence-electron chi connectivity index (χ3n) is 3.25. The Balaban J connectivity index is 0.00000242. The van der Waals surface area contributed by atoms with Gasteiger partial charge in [0.1, 0.15) is 12.4 Å². The van der Waals surface area contributed by atoms with E-state index in [2.05, 4.69) is 15.2 Å². The van der Waals surface area contributed by atoms with Crippen LogP contribution >= 0.6 is 24.0 Å². The summed E-state index contributed by atoms with van der Waals surface area (Å²) in [5, 5.41) is 3.25. The number of hydrogen-bond acceptors (Lipinski definition) is 2. The van der Waals surface area contributed by atoms with E-state index in [-0.39, 0.29) is 24.0 Å². The van der Waals surface area contributed by atoms with Gasteiger partial charge < -0.3 is 15.0 Å². The van der Waals surface area contributed by atoms with Crippen LogP contribution in [0, 0.1) is 11.6 Å². The van der Waals surface area contributed by atoms with Crippen LogP contribution in [0.1, 0.15) is 19.8 Å². The van der Waals surface area contributed by atoms with Gasteiger partial charge in [0, 0.05) is 25.7 Å². The van der Waals surface area contributed by atoms with Gasteiger partial charge in [-0.25, -0.2) is 13.8 Å². The quantitative estimate of drug-likeness (QED) is 0.341. The van der Waals surface area contributed by atoms with Crippen LogP contribution in [-0.2, 0) is 0 Å².